The molecule has 19 heavy (non-hydrogen) atoms. The first kappa shape index (κ1) is 14.1. The van der Waals surface area contributed by atoms with E-state index in [4.69, 9.17) is 0 Å². The van der Waals surface area contributed by atoms with Gasteiger partial charge in [0, 0.05) is 4.47 Å². The highest BCUT2D eigenvalue weighted by molar-refractivity contribution is 9.10. The molecule has 1 heteroatoms. The molecular formula is C18H19Br. The fourth-order valence-corrected chi connectivity index (χ4v) is 2.56. The van der Waals surface area contributed by atoms with Gasteiger partial charge in [-0.1, -0.05) is 72.8 Å². The van der Waals surface area contributed by atoms with Gasteiger partial charge in [-0.2, -0.15) is 0 Å². The lowest BCUT2D eigenvalue weighted by Crippen LogP contribution is -1.94. The zero-order valence-corrected chi connectivity index (χ0v) is 13.1. The van der Waals surface area contributed by atoms with Crippen molar-refractivity contribution in [3.05, 3.63) is 76.3 Å². The van der Waals surface area contributed by atoms with Gasteiger partial charge in [0.1, 0.15) is 0 Å². The molecule has 0 saturated heterocycles. The highest BCUT2D eigenvalue weighted by Crippen LogP contribution is 2.24. The number of hydrogen-bond donors (Lipinski definition) is 0. The van der Waals surface area contributed by atoms with Gasteiger partial charge in [0.05, 0.1) is 0 Å². The van der Waals surface area contributed by atoms with Gasteiger partial charge in [0.25, 0.3) is 0 Å². The van der Waals surface area contributed by atoms with Gasteiger partial charge in [-0.05, 0) is 46.7 Å². The summed E-state index contributed by atoms with van der Waals surface area (Å²) in [5, 5.41) is 0. The molecule has 0 spiro atoms. The predicted octanol–water partition coefficient (Wildman–Crippen LogP) is 5.71. The van der Waals surface area contributed by atoms with Crippen LogP contribution in [0.2, 0.25) is 0 Å². The second kappa shape index (κ2) is 6.21. The van der Waals surface area contributed by atoms with E-state index < -0.39 is 0 Å². The Labute approximate surface area is 124 Å². The summed E-state index contributed by atoms with van der Waals surface area (Å²) >= 11 is 3.50. The second-order valence-corrected chi connectivity index (χ2v) is 6.20. The van der Waals surface area contributed by atoms with Crippen molar-refractivity contribution in [2.45, 2.75) is 20.3 Å². The van der Waals surface area contributed by atoms with E-state index in [2.05, 4.69) is 72.8 Å². The standard InChI is InChI=1S/C18H19Br/c1-13(2)11-15-7-9-16(10-8-15)14(3)17-5-4-6-18(19)12-17/h4-10,12-13H,3,11H2,1-2H3. The molecule has 0 heterocycles. The molecule has 0 fully saturated rings. The van der Waals surface area contributed by atoms with Crippen molar-refractivity contribution in [2.75, 3.05) is 0 Å². The average Bonchev–Trinajstić information content (AvgIpc) is 2.38. The number of halogens is 1. The third kappa shape index (κ3) is 3.81. The molecule has 0 aliphatic rings. The lowest BCUT2D eigenvalue weighted by atomic mass is 9.96. The lowest BCUT2D eigenvalue weighted by Gasteiger charge is -2.09. The first-order valence-electron chi connectivity index (χ1n) is 6.60. The van der Waals surface area contributed by atoms with Gasteiger partial charge in [0.15, 0.2) is 0 Å². The van der Waals surface area contributed by atoms with Crippen molar-refractivity contribution < 1.29 is 0 Å². The summed E-state index contributed by atoms with van der Waals surface area (Å²) in [6.07, 6.45) is 1.13. The zero-order valence-electron chi connectivity index (χ0n) is 11.5. The first-order valence-corrected chi connectivity index (χ1v) is 7.39. The molecule has 0 saturated carbocycles. The van der Waals surface area contributed by atoms with Crippen LogP contribution in [0.3, 0.4) is 0 Å². The second-order valence-electron chi connectivity index (χ2n) is 5.28. The van der Waals surface area contributed by atoms with Gasteiger partial charge in [0.2, 0.25) is 0 Å². The van der Waals surface area contributed by atoms with Crippen LogP contribution in [0, 0.1) is 5.92 Å². The molecule has 0 radical (unpaired) electrons. The van der Waals surface area contributed by atoms with E-state index in [1.807, 2.05) is 12.1 Å². The largest absolute Gasteiger partial charge is 0.0906 e. The third-order valence-electron chi connectivity index (χ3n) is 3.12. The molecule has 0 aromatic heterocycles. The molecular weight excluding hydrogens is 296 g/mol. The molecule has 0 amide bonds. The van der Waals surface area contributed by atoms with Crippen molar-refractivity contribution in [2.24, 2.45) is 5.92 Å². The van der Waals surface area contributed by atoms with Crippen molar-refractivity contribution in [1.82, 2.24) is 0 Å². The van der Waals surface area contributed by atoms with E-state index in [1.54, 1.807) is 0 Å². The molecule has 0 aliphatic carbocycles. The maximum absolute atomic E-state index is 4.21. The summed E-state index contributed by atoms with van der Waals surface area (Å²) in [5.74, 6) is 0.694. The topological polar surface area (TPSA) is 0 Å². The molecule has 2 rings (SSSR count). The summed E-state index contributed by atoms with van der Waals surface area (Å²) in [4.78, 5) is 0. The lowest BCUT2D eigenvalue weighted by molar-refractivity contribution is 0.647. The molecule has 0 unspecified atom stereocenters. The Balaban J connectivity index is 2.20. The van der Waals surface area contributed by atoms with Crippen molar-refractivity contribution in [1.29, 1.82) is 0 Å². The van der Waals surface area contributed by atoms with Crippen LogP contribution in [0.5, 0.6) is 0 Å². The van der Waals surface area contributed by atoms with Crippen LogP contribution in [0.25, 0.3) is 5.57 Å². The molecule has 98 valence electrons. The molecule has 2 aromatic carbocycles. The molecule has 2 aromatic rings. The van der Waals surface area contributed by atoms with Crippen molar-refractivity contribution in [3.8, 4) is 0 Å². The van der Waals surface area contributed by atoms with Gasteiger partial charge < -0.3 is 0 Å². The molecule has 0 bridgehead atoms. The van der Waals surface area contributed by atoms with Gasteiger partial charge in [-0.3, -0.25) is 0 Å². The maximum Gasteiger partial charge on any atom is 0.0181 e. The van der Waals surface area contributed by atoms with Crippen LogP contribution in [0.15, 0.2) is 59.6 Å². The van der Waals surface area contributed by atoms with Gasteiger partial charge in [-0.15, -0.1) is 0 Å². The molecule has 0 nitrogen and oxygen atoms in total. The minimum absolute atomic E-state index is 0.694. The summed E-state index contributed by atoms with van der Waals surface area (Å²) < 4.78 is 1.09. The highest BCUT2D eigenvalue weighted by Gasteiger charge is 2.04. The zero-order chi connectivity index (χ0) is 13.8. The fourth-order valence-electron chi connectivity index (χ4n) is 2.16. The first-order chi connectivity index (χ1) is 9.06. The number of hydrogen-bond acceptors (Lipinski definition) is 0. The molecule has 0 atom stereocenters. The molecule has 0 aliphatic heterocycles. The predicted molar refractivity (Wildman–Crippen MR) is 87.3 cm³/mol. The monoisotopic (exact) mass is 314 g/mol. The Hall–Kier alpha value is -1.34. The summed E-state index contributed by atoms with van der Waals surface area (Å²) in [7, 11) is 0. The Morgan fingerprint density at radius 2 is 1.74 bits per heavy atom. The third-order valence-corrected chi connectivity index (χ3v) is 3.61. The van der Waals surface area contributed by atoms with Gasteiger partial charge in [-0.25, -0.2) is 0 Å². The van der Waals surface area contributed by atoms with Crippen molar-refractivity contribution in [3.63, 3.8) is 0 Å². The van der Waals surface area contributed by atoms with E-state index >= 15 is 0 Å². The normalized spacial score (nSPS) is 10.7. The molecule has 0 N–H and O–H groups in total. The van der Waals surface area contributed by atoms with Crippen LogP contribution in [0.1, 0.15) is 30.5 Å². The quantitative estimate of drug-likeness (QED) is 0.678. The SMILES string of the molecule is C=C(c1ccc(CC(C)C)cc1)c1cccc(Br)c1. The van der Waals surface area contributed by atoms with E-state index in [1.165, 1.54) is 11.1 Å². The average molecular weight is 315 g/mol. The number of benzene rings is 2. The Kier molecular flexibility index (Phi) is 4.60. The van der Waals surface area contributed by atoms with Crippen LogP contribution in [0.4, 0.5) is 0 Å². The van der Waals surface area contributed by atoms with E-state index in [9.17, 15) is 0 Å². The smallest absolute Gasteiger partial charge is 0.0181 e. The number of rotatable bonds is 4. The minimum Gasteiger partial charge on any atom is -0.0906 e. The van der Waals surface area contributed by atoms with Gasteiger partial charge >= 0.3 is 0 Å². The fraction of sp³-hybridized carbons (Fsp3) is 0.222. The van der Waals surface area contributed by atoms with E-state index in [-0.39, 0.29) is 0 Å². The van der Waals surface area contributed by atoms with E-state index in [0.29, 0.717) is 5.92 Å². The van der Waals surface area contributed by atoms with Crippen LogP contribution in [-0.2, 0) is 6.42 Å². The summed E-state index contributed by atoms with van der Waals surface area (Å²) in [6.45, 7) is 8.69. The summed E-state index contributed by atoms with van der Waals surface area (Å²) in [5.41, 5.74) is 4.80. The highest BCUT2D eigenvalue weighted by atomic mass is 79.9. The Morgan fingerprint density at radius 3 is 2.32 bits per heavy atom. The Morgan fingerprint density at radius 1 is 1.05 bits per heavy atom. The van der Waals surface area contributed by atoms with Crippen LogP contribution < -0.4 is 0 Å². The maximum atomic E-state index is 4.21. The summed E-state index contributed by atoms with van der Waals surface area (Å²) in [6, 6.07) is 17.0. The van der Waals surface area contributed by atoms with Crippen LogP contribution >= 0.6 is 15.9 Å². The van der Waals surface area contributed by atoms with E-state index in [0.717, 1.165) is 22.0 Å². The Bertz CT molecular complexity index is 564. The van der Waals surface area contributed by atoms with Crippen LogP contribution in [-0.4, -0.2) is 0 Å². The minimum atomic E-state index is 0.694. The van der Waals surface area contributed by atoms with Crippen molar-refractivity contribution >= 4 is 21.5 Å².